The summed E-state index contributed by atoms with van der Waals surface area (Å²) < 4.78 is 9.57. The Labute approximate surface area is 576 Å². The lowest BCUT2D eigenvalue weighted by atomic mass is 9.67. The third-order valence-corrected chi connectivity index (χ3v) is 22.2. The van der Waals surface area contributed by atoms with Crippen LogP contribution in [0.15, 0.2) is 340 Å². The fourth-order valence-electron chi connectivity index (χ4n) is 18.5. The average molecular weight is 1270 g/mol. The number of para-hydroxylation sites is 6. The summed E-state index contributed by atoms with van der Waals surface area (Å²) in [5, 5.41) is 21.6. The zero-order chi connectivity index (χ0) is 66.0. The quantitative estimate of drug-likeness (QED) is 0.140. The van der Waals surface area contributed by atoms with E-state index in [2.05, 4.69) is 364 Å². The number of benzene rings is 15. The summed E-state index contributed by atoms with van der Waals surface area (Å²) in [6.07, 6.45) is 0. The van der Waals surface area contributed by atoms with Gasteiger partial charge < -0.3 is 18.3 Å². The van der Waals surface area contributed by atoms with E-state index in [0.29, 0.717) is 34.0 Å². The number of aromatic nitrogens is 4. The standard InChI is InChI=1S/C94H56N6/c1-96-86-89(97-78-48-24-16-38-63(78)64-39-17-25-49-79(64)97)73(58-95)90(99-82-52-28-20-42-67(82)69-54-56-76-84(87(69)99)71-44-14-22-46-74(71)93(76,59-30-6-2-7-31-59)60-32-8-3-9-33-60)92(98-80-50-26-18-40-65(80)66-41-19-27-51-81(66)98)91(86)100-83-53-29-21-43-68(83)70-55-57-77-85(88(70)100)72-45-15-23-47-75(72)94(77,61-34-10-4-11-35-61)62-36-12-5-13-37-62/h2-57H. The second kappa shape index (κ2) is 21.0. The highest BCUT2D eigenvalue weighted by Gasteiger charge is 2.50. The van der Waals surface area contributed by atoms with Gasteiger partial charge in [-0.25, -0.2) is 4.85 Å². The smallest absolute Gasteiger partial charge is 0.237 e. The summed E-state index contributed by atoms with van der Waals surface area (Å²) in [4.78, 5) is 5.07. The van der Waals surface area contributed by atoms with Gasteiger partial charge in [-0.1, -0.05) is 303 Å². The monoisotopic (exact) mass is 1270 g/mol. The van der Waals surface area contributed by atoms with E-state index in [-0.39, 0.29) is 0 Å². The first-order valence-electron chi connectivity index (χ1n) is 34.2. The molecule has 0 atom stereocenters. The van der Waals surface area contributed by atoms with E-state index in [1.54, 1.807) is 0 Å². The van der Waals surface area contributed by atoms with Gasteiger partial charge in [-0.2, -0.15) is 5.26 Å². The topological polar surface area (TPSA) is 47.9 Å². The molecule has 100 heavy (non-hydrogen) atoms. The van der Waals surface area contributed by atoms with Crippen LogP contribution in [0.5, 0.6) is 0 Å². The van der Waals surface area contributed by atoms with Crippen molar-refractivity contribution in [3.63, 3.8) is 0 Å². The van der Waals surface area contributed by atoms with Crippen LogP contribution < -0.4 is 0 Å². The van der Waals surface area contributed by atoms with Gasteiger partial charge in [0.1, 0.15) is 6.07 Å². The van der Waals surface area contributed by atoms with Gasteiger partial charge in [0.2, 0.25) is 5.69 Å². The molecule has 0 amide bonds. The summed E-state index contributed by atoms with van der Waals surface area (Å²) in [5.41, 5.74) is 22.6. The van der Waals surface area contributed by atoms with Crippen LogP contribution in [-0.4, -0.2) is 18.3 Å². The lowest BCUT2D eigenvalue weighted by Gasteiger charge is -2.34. The third-order valence-electron chi connectivity index (χ3n) is 22.2. The first-order chi connectivity index (χ1) is 49.6. The number of nitrogens with zero attached hydrogens (tertiary/aromatic N) is 6. The second-order valence-electron chi connectivity index (χ2n) is 26.6. The molecule has 6 nitrogen and oxygen atoms in total. The highest BCUT2D eigenvalue weighted by molar-refractivity contribution is 6.21. The van der Waals surface area contributed by atoms with Crippen LogP contribution in [-0.2, 0) is 10.8 Å². The summed E-state index contributed by atoms with van der Waals surface area (Å²) in [6, 6.07) is 126. The Morgan fingerprint density at radius 2 is 0.550 bits per heavy atom. The van der Waals surface area contributed by atoms with Crippen LogP contribution in [0.4, 0.5) is 5.69 Å². The van der Waals surface area contributed by atoms with Crippen molar-refractivity contribution in [3.05, 3.63) is 401 Å². The molecule has 0 radical (unpaired) electrons. The maximum absolute atomic E-state index is 13.4. The molecule has 4 heterocycles. The summed E-state index contributed by atoms with van der Waals surface area (Å²) >= 11 is 0. The normalized spacial score (nSPS) is 13.3. The first kappa shape index (κ1) is 55.7. The van der Waals surface area contributed by atoms with Crippen LogP contribution in [0.25, 0.3) is 137 Å². The Balaban J connectivity index is 1.06. The fraction of sp³-hybridized carbons (Fsp3) is 0.0213. The Bertz CT molecular complexity index is 6310. The molecule has 0 fully saturated rings. The highest BCUT2D eigenvalue weighted by Crippen LogP contribution is 2.63. The third kappa shape index (κ3) is 7.07. The Morgan fingerprint density at radius 3 is 0.900 bits per heavy atom. The van der Waals surface area contributed by atoms with Crippen molar-refractivity contribution < 1.29 is 0 Å². The Kier molecular flexibility index (Phi) is 11.7. The van der Waals surface area contributed by atoms with Crippen LogP contribution >= 0.6 is 0 Å². The number of nitriles is 1. The van der Waals surface area contributed by atoms with E-state index in [4.69, 9.17) is 4.85 Å². The molecule has 462 valence electrons. The molecule has 19 aromatic rings. The van der Waals surface area contributed by atoms with Crippen molar-refractivity contribution in [2.24, 2.45) is 0 Å². The zero-order valence-corrected chi connectivity index (χ0v) is 54.0. The van der Waals surface area contributed by atoms with Crippen molar-refractivity contribution >= 4 is 92.9 Å². The van der Waals surface area contributed by atoms with Gasteiger partial charge in [0.05, 0.1) is 89.8 Å². The van der Waals surface area contributed by atoms with E-state index in [9.17, 15) is 11.8 Å². The number of rotatable bonds is 8. The minimum Gasteiger partial charge on any atom is -0.318 e. The van der Waals surface area contributed by atoms with E-state index in [1.807, 2.05) is 0 Å². The number of hydrogen-bond donors (Lipinski definition) is 0. The molecule has 2 aliphatic carbocycles. The average Bonchev–Trinajstić information content (AvgIpc) is 1.50. The molecule has 0 aliphatic heterocycles. The molecular formula is C94H56N6. The molecule has 2 aliphatic rings. The predicted octanol–water partition coefficient (Wildman–Crippen LogP) is 23.2. The summed E-state index contributed by atoms with van der Waals surface area (Å²) in [7, 11) is 0. The molecule has 0 bridgehead atoms. The highest BCUT2D eigenvalue weighted by atomic mass is 15.1. The van der Waals surface area contributed by atoms with Gasteiger partial charge in [0.25, 0.3) is 0 Å². The van der Waals surface area contributed by atoms with Crippen molar-refractivity contribution in [3.8, 4) is 51.1 Å². The minimum atomic E-state index is -0.765. The van der Waals surface area contributed by atoms with Crippen LogP contribution in [0.1, 0.15) is 50.1 Å². The van der Waals surface area contributed by atoms with Crippen molar-refractivity contribution in [2.75, 3.05) is 0 Å². The minimum absolute atomic E-state index is 0.330. The zero-order valence-electron chi connectivity index (χ0n) is 54.0. The Hall–Kier alpha value is -13.5. The van der Waals surface area contributed by atoms with Gasteiger partial charge in [0.15, 0.2) is 0 Å². The van der Waals surface area contributed by atoms with Crippen molar-refractivity contribution in [1.29, 1.82) is 5.26 Å². The van der Waals surface area contributed by atoms with Gasteiger partial charge in [0, 0.05) is 54.2 Å². The molecule has 15 aromatic carbocycles. The molecule has 4 aromatic heterocycles. The lowest BCUT2D eigenvalue weighted by Crippen LogP contribution is -2.28. The van der Waals surface area contributed by atoms with E-state index >= 15 is 0 Å². The predicted molar refractivity (Wildman–Crippen MR) is 409 cm³/mol. The maximum Gasteiger partial charge on any atom is 0.237 e. The van der Waals surface area contributed by atoms with Crippen molar-refractivity contribution in [1.82, 2.24) is 18.3 Å². The number of hydrogen-bond acceptors (Lipinski definition) is 1. The largest absolute Gasteiger partial charge is 0.318 e. The van der Waals surface area contributed by atoms with Gasteiger partial charge >= 0.3 is 0 Å². The van der Waals surface area contributed by atoms with E-state index in [0.717, 1.165) is 143 Å². The molecule has 0 unspecified atom stereocenters. The molecule has 0 spiro atoms. The molecule has 0 saturated heterocycles. The summed E-state index contributed by atoms with van der Waals surface area (Å²) in [6.45, 7) is 10.4. The van der Waals surface area contributed by atoms with Crippen molar-refractivity contribution in [2.45, 2.75) is 10.8 Å². The van der Waals surface area contributed by atoms with Crippen LogP contribution in [0.2, 0.25) is 0 Å². The fourth-order valence-corrected chi connectivity index (χ4v) is 18.5. The van der Waals surface area contributed by atoms with E-state index in [1.165, 1.54) is 11.1 Å². The SMILES string of the molecule is [C-]#[N+]c1c(-n2c3ccccc3c3ccccc32)c(C#N)c(-n2c3ccccc3c3ccc4c(c32)-c2ccccc2C4(c2ccccc2)c2ccccc2)c(-n2c3ccccc3c3ccccc32)c1-n1c2ccccc2c2ccc3c(c21)-c1ccccc1C3(c1ccccc1)c1ccccc1. The molecular weight excluding hydrogens is 1210 g/mol. The molecule has 21 rings (SSSR count). The number of fused-ring (bicyclic) bond motifs is 20. The van der Waals surface area contributed by atoms with Crippen LogP contribution in [0.3, 0.4) is 0 Å². The van der Waals surface area contributed by atoms with Gasteiger partial charge in [-0.3, -0.25) is 0 Å². The molecule has 0 N–H and O–H groups in total. The molecule has 6 heteroatoms. The molecule has 0 saturated carbocycles. The first-order valence-corrected chi connectivity index (χ1v) is 34.2. The lowest BCUT2D eigenvalue weighted by molar-refractivity contribution is 0.769. The Morgan fingerprint density at radius 1 is 0.260 bits per heavy atom. The maximum atomic E-state index is 13.4. The van der Waals surface area contributed by atoms with Crippen LogP contribution in [0, 0.1) is 17.9 Å². The summed E-state index contributed by atoms with van der Waals surface area (Å²) in [5.74, 6) is 0. The van der Waals surface area contributed by atoms with Gasteiger partial charge in [-0.05, 0) is 92.0 Å². The second-order valence-corrected chi connectivity index (χ2v) is 26.6. The van der Waals surface area contributed by atoms with E-state index < -0.39 is 10.8 Å². The van der Waals surface area contributed by atoms with Gasteiger partial charge in [-0.15, -0.1) is 0 Å².